The topological polar surface area (TPSA) is 85.8 Å². The van der Waals surface area contributed by atoms with Gasteiger partial charge in [-0.1, -0.05) is 18.1 Å². The smallest absolute Gasteiger partial charge is 0.242 e. The van der Waals surface area contributed by atoms with E-state index in [9.17, 15) is 4.79 Å². The zero-order chi connectivity index (χ0) is 13.2. The Labute approximate surface area is 107 Å². The molecule has 1 heterocycles. The second kappa shape index (κ2) is 5.06. The van der Waals surface area contributed by atoms with Gasteiger partial charge in [-0.2, -0.15) is 0 Å². The molecule has 3 N–H and O–H groups in total. The van der Waals surface area contributed by atoms with E-state index in [0.29, 0.717) is 11.7 Å². The quantitative estimate of drug-likeness (QED) is 0.817. The molecule has 0 saturated heterocycles. The molecule has 6 heteroatoms. The van der Waals surface area contributed by atoms with Gasteiger partial charge in [0.05, 0.1) is 11.7 Å². The average Bonchev–Trinajstić information content (AvgIpc) is 2.87. The average molecular weight is 251 g/mol. The highest BCUT2D eigenvalue weighted by Crippen LogP contribution is 2.17. The number of amides is 1. The lowest BCUT2D eigenvalue weighted by Gasteiger charge is -2.13. The van der Waals surface area contributed by atoms with Crippen molar-refractivity contribution in [3.05, 3.63) is 11.9 Å². The number of hydrogen-bond acceptors (Lipinski definition) is 4. The number of rotatable bonds is 4. The third-order valence-electron chi connectivity index (χ3n) is 3.22. The normalized spacial score (nSPS) is 17.1. The Kier molecular flexibility index (Phi) is 3.65. The molecule has 1 aliphatic carbocycles. The highest BCUT2D eigenvalue weighted by molar-refractivity contribution is 5.75. The molecular formula is C12H21N5O. The van der Waals surface area contributed by atoms with Crippen molar-refractivity contribution < 1.29 is 4.79 Å². The Balaban J connectivity index is 1.88. The van der Waals surface area contributed by atoms with Crippen LogP contribution in [0.2, 0.25) is 0 Å². The zero-order valence-electron chi connectivity index (χ0n) is 11.0. The van der Waals surface area contributed by atoms with Crippen molar-refractivity contribution in [2.45, 2.75) is 57.7 Å². The molecule has 0 bridgehead atoms. The molecule has 18 heavy (non-hydrogen) atoms. The minimum Gasteiger partial charge on any atom is -0.352 e. The Morgan fingerprint density at radius 1 is 1.56 bits per heavy atom. The third-order valence-corrected chi connectivity index (χ3v) is 3.22. The van der Waals surface area contributed by atoms with Gasteiger partial charge in [-0.05, 0) is 26.7 Å². The fourth-order valence-electron chi connectivity index (χ4n) is 2.16. The monoisotopic (exact) mass is 251 g/mol. The molecule has 6 nitrogen and oxygen atoms in total. The number of nitrogens with zero attached hydrogens (tertiary/aromatic N) is 3. The molecule has 1 aliphatic rings. The molecule has 100 valence electrons. The van der Waals surface area contributed by atoms with Crippen LogP contribution in [0.15, 0.2) is 6.20 Å². The van der Waals surface area contributed by atoms with Crippen LogP contribution in [0, 0.1) is 0 Å². The van der Waals surface area contributed by atoms with Crippen LogP contribution in [0.4, 0.5) is 0 Å². The Morgan fingerprint density at radius 3 is 2.78 bits per heavy atom. The molecule has 1 amide bonds. The van der Waals surface area contributed by atoms with Crippen molar-refractivity contribution in [3.63, 3.8) is 0 Å². The van der Waals surface area contributed by atoms with Crippen LogP contribution in [0.1, 0.15) is 45.2 Å². The summed E-state index contributed by atoms with van der Waals surface area (Å²) in [6.45, 7) is 3.93. The zero-order valence-corrected chi connectivity index (χ0v) is 11.0. The fourth-order valence-corrected chi connectivity index (χ4v) is 2.16. The van der Waals surface area contributed by atoms with Crippen molar-refractivity contribution in [3.8, 4) is 0 Å². The number of nitrogens with two attached hydrogens (primary N) is 1. The van der Waals surface area contributed by atoms with Crippen molar-refractivity contribution >= 4 is 5.91 Å². The standard InChI is InChI=1S/C12H21N5O/c1-12(2,13)10-7-17(16-15-10)8-11(18)14-9-5-3-4-6-9/h7,9H,3-6,8,13H2,1-2H3,(H,14,18). The van der Waals surface area contributed by atoms with E-state index in [2.05, 4.69) is 15.6 Å². The summed E-state index contributed by atoms with van der Waals surface area (Å²) >= 11 is 0. The summed E-state index contributed by atoms with van der Waals surface area (Å²) in [6, 6.07) is 0.339. The lowest BCUT2D eigenvalue weighted by Crippen LogP contribution is -2.35. The van der Waals surface area contributed by atoms with E-state index < -0.39 is 5.54 Å². The molecule has 1 fully saturated rings. The molecule has 1 aromatic rings. The largest absolute Gasteiger partial charge is 0.352 e. The third kappa shape index (κ3) is 3.29. The first-order valence-corrected chi connectivity index (χ1v) is 6.44. The van der Waals surface area contributed by atoms with Gasteiger partial charge in [0, 0.05) is 6.04 Å². The maximum absolute atomic E-state index is 11.8. The Morgan fingerprint density at radius 2 is 2.22 bits per heavy atom. The first kappa shape index (κ1) is 13.0. The van der Waals surface area contributed by atoms with E-state index in [0.717, 1.165) is 12.8 Å². The van der Waals surface area contributed by atoms with Crippen molar-refractivity contribution in [1.29, 1.82) is 0 Å². The van der Waals surface area contributed by atoms with E-state index in [4.69, 9.17) is 5.73 Å². The first-order chi connectivity index (χ1) is 8.45. The second-order valence-electron chi connectivity index (χ2n) is 5.57. The maximum atomic E-state index is 11.8. The van der Waals surface area contributed by atoms with E-state index >= 15 is 0 Å². The predicted octanol–water partition coefficient (Wildman–Crippen LogP) is 0.531. The molecular weight excluding hydrogens is 230 g/mol. The Bertz CT molecular complexity index is 414. The molecule has 0 atom stereocenters. The van der Waals surface area contributed by atoms with Crippen LogP contribution >= 0.6 is 0 Å². The molecule has 0 unspecified atom stereocenters. The summed E-state index contributed by atoms with van der Waals surface area (Å²) in [4.78, 5) is 11.8. The number of hydrogen-bond donors (Lipinski definition) is 2. The summed E-state index contributed by atoms with van der Waals surface area (Å²) in [6.07, 6.45) is 6.32. The highest BCUT2D eigenvalue weighted by atomic mass is 16.2. The van der Waals surface area contributed by atoms with Gasteiger partial charge in [-0.3, -0.25) is 4.79 Å². The second-order valence-corrected chi connectivity index (χ2v) is 5.57. The molecule has 0 radical (unpaired) electrons. The fraction of sp³-hybridized carbons (Fsp3) is 0.750. The van der Waals surface area contributed by atoms with Gasteiger partial charge in [0.2, 0.25) is 5.91 Å². The summed E-state index contributed by atoms with van der Waals surface area (Å²) in [5, 5.41) is 10.9. The molecule has 1 aromatic heterocycles. The number of carbonyl (C=O) groups excluding carboxylic acids is 1. The molecule has 0 spiro atoms. The number of nitrogens with one attached hydrogen (secondary N) is 1. The van der Waals surface area contributed by atoms with Gasteiger partial charge in [0.15, 0.2) is 0 Å². The van der Waals surface area contributed by atoms with E-state index in [1.165, 1.54) is 17.5 Å². The van der Waals surface area contributed by atoms with Crippen LogP contribution in [-0.4, -0.2) is 26.9 Å². The van der Waals surface area contributed by atoms with Crippen molar-refractivity contribution in [2.75, 3.05) is 0 Å². The molecule has 0 aromatic carbocycles. The van der Waals surface area contributed by atoms with Crippen molar-refractivity contribution in [1.82, 2.24) is 20.3 Å². The van der Waals surface area contributed by atoms with Gasteiger partial charge < -0.3 is 11.1 Å². The predicted molar refractivity (Wildman–Crippen MR) is 67.6 cm³/mol. The van der Waals surface area contributed by atoms with Gasteiger partial charge in [0.25, 0.3) is 0 Å². The van der Waals surface area contributed by atoms with E-state index in [1.807, 2.05) is 13.8 Å². The molecule has 0 aliphatic heterocycles. The van der Waals surface area contributed by atoms with Gasteiger partial charge >= 0.3 is 0 Å². The van der Waals surface area contributed by atoms with E-state index in [1.54, 1.807) is 6.20 Å². The summed E-state index contributed by atoms with van der Waals surface area (Å²) < 4.78 is 1.54. The van der Waals surface area contributed by atoms with Crippen LogP contribution < -0.4 is 11.1 Å². The summed E-state index contributed by atoms with van der Waals surface area (Å²) in [5.74, 6) is -0.00632. The lowest BCUT2D eigenvalue weighted by atomic mass is 10.0. The lowest BCUT2D eigenvalue weighted by molar-refractivity contribution is -0.122. The SMILES string of the molecule is CC(C)(N)c1cn(CC(=O)NC2CCCC2)nn1. The van der Waals surface area contributed by atoms with Crippen LogP contribution in [0.3, 0.4) is 0 Å². The van der Waals surface area contributed by atoms with Gasteiger partial charge in [-0.15, -0.1) is 5.10 Å². The molecule has 2 rings (SSSR count). The minimum atomic E-state index is -0.528. The Hall–Kier alpha value is -1.43. The molecule has 1 saturated carbocycles. The number of aromatic nitrogens is 3. The van der Waals surface area contributed by atoms with Crippen LogP contribution in [0.25, 0.3) is 0 Å². The minimum absolute atomic E-state index is 0.00632. The van der Waals surface area contributed by atoms with Crippen molar-refractivity contribution in [2.24, 2.45) is 5.73 Å². The van der Waals surface area contributed by atoms with E-state index in [-0.39, 0.29) is 12.5 Å². The van der Waals surface area contributed by atoms with Gasteiger partial charge in [0.1, 0.15) is 12.2 Å². The summed E-state index contributed by atoms with van der Waals surface area (Å²) in [5.41, 5.74) is 6.08. The van der Waals surface area contributed by atoms with Gasteiger partial charge in [-0.25, -0.2) is 4.68 Å². The number of carbonyl (C=O) groups is 1. The first-order valence-electron chi connectivity index (χ1n) is 6.44. The van der Waals surface area contributed by atoms with Crippen LogP contribution in [-0.2, 0) is 16.9 Å². The maximum Gasteiger partial charge on any atom is 0.242 e. The van der Waals surface area contributed by atoms with Crippen LogP contribution in [0.5, 0.6) is 0 Å². The summed E-state index contributed by atoms with van der Waals surface area (Å²) in [7, 11) is 0. The highest BCUT2D eigenvalue weighted by Gasteiger charge is 2.20.